The van der Waals surface area contributed by atoms with E-state index in [0.717, 1.165) is 25.5 Å². The Balaban J connectivity index is 2.50. The lowest BCUT2D eigenvalue weighted by molar-refractivity contribution is 0.0953. The second-order valence-corrected chi connectivity index (χ2v) is 6.42. The number of hydrogen-bond donors (Lipinski definition) is 2. The van der Waals surface area contributed by atoms with E-state index in [4.69, 9.17) is 5.73 Å². The van der Waals surface area contributed by atoms with Gasteiger partial charge in [0.05, 0.1) is 4.90 Å². The van der Waals surface area contributed by atoms with Crippen molar-refractivity contribution in [1.29, 1.82) is 0 Å². The first-order valence-electron chi connectivity index (χ1n) is 6.23. The van der Waals surface area contributed by atoms with Gasteiger partial charge in [-0.1, -0.05) is 6.42 Å². The monoisotopic (exact) mass is 284 g/mol. The van der Waals surface area contributed by atoms with Crippen LogP contribution in [0.2, 0.25) is 0 Å². The number of hydrogen-bond acceptors (Lipinski definition) is 4. The minimum atomic E-state index is -3.22. The van der Waals surface area contributed by atoms with Crippen LogP contribution < -0.4 is 11.1 Å². The Morgan fingerprint density at radius 1 is 1.16 bits per heavy atom. The summed E-state index contributed by atoms with van der Waals surface area (Å²) in [5, 5.41) is 2.79. The fraction of sp³-hybridized carbons (Fsp3) is 0.462. The maximum atomic E-state index is 11.8. The quantitative estimate of drug-likeness (QED) is 0.729. The molecule has 0 aliphatic rings. The number of unbranched alkanes of at least 4 members (excludes halogenated alkanes) is 2. The number of nitrogens with two attached hydrogens (primary N) is 1. The minimum Gasteiger partial charge on any atom is -0.352 e. The van der Waals surface area contributed by atoms with Crippen LogP contribution in [0.15, 0.2) is 29.2 Å². The maximum absolute atomic E-state index is 11.8. The first-order chi connectivity index (χ1) is 8.95. The molecule has 5 nitrogen and oxygen atoms in total. The van der Waals surface area contributed by atoms with Crippen LogP contribution in [0.3, 0.4) is 0 Å². The lowest BCUT2D eigenvalue weighted by Gasteiger charge is -2.05. The topological polar surface area (TPSA) is 89.3 Å². The van der Waals surface area contributed by atoms with E-state index in [-0.39, 0.29) is 10.8 Å². The predicted molar refractivity (Wildman–Crippen MR) is 74.8 cm³/mol. The summed E-state index contributed by atoms with van der Waals surface area (Å²) in [5.41, 5.74) is 5.84. The second-order valence-electron chi connectivity index (χ2n) is 4.40. The maximum Gasteiger partial charge on any atom is 0.251 e. The summed E-state index contributed by atoms with van der Waals surface area (Å²) in [6, 6.07) is 5.93. The Bertz CT molecular complexity index is 509. The predicted octanol–water partition coefficient (Wildman–Crippen LogP) is 0.949. The fourth-order valence-electron chi connectivity index (χ4n) is 1.60. The van der Waals surface area contributed by atoms with Crippen molar-refractivity contribution >= 4 is 15.7 Å². The SMILES string of the molecule is CS(=O)(=O)c1ccc(C(=O)NCCCCCN)cc1. The van der Waals surface area contributed by atoms with Crippen molar-refractivity contribution in [3.8, 4) is 0 Å². The van der Waals surface area contributed by atoms with Crippen molar-refractivity contribution in [3.63, 3.8) is 0 Å². The van der Waals surface area contributed by atoms with Gasteiger partial charge in [-0.05, 0) is 43.7 Å². The molecule has 0 heterocycles. The average molecular weight is 284 g/mol. The number of carbonyl (C=O) groups is 1. The molecule has 1 amide bonds. The summed E-state index contributed by atoms with van der Waals surface area (Å²) in [5.74, 6) is -0.187. The third kappa shape index (κ3) is 5.40. The lowest BCUT2D eigenvalue weighted by atomic mass is 10.2. The van der Waals surface area contributed by atoms with Crippen LogP contribution in [-0.4, -0.2) is 33.7 Å². The molecule has 1 aromatic rings. The number of sulfone groups is 1. The van der Waals surface area contributed by atoms with Crippen LogP contribution in [0, 0.1) is 0 Å². The van der Waals surface area contributed by atoms with Crippen molar-refractivity contribution in [3.05, 3.63) is 29.8 Å². The van der Waals surface area contributed by atoms with Crippen LogP contribution in [0.25, 0.3) is 0 Å². The highest BCUT2D eigenvalue weighted by Crippen LogP contribution is 2.10. The molecule has 0 aliphatic carbocycles. The highest BCUT2D eigenvalue weighted by atomic mass is 32.2. The Morgan fingerprint density at radius 2 is 1.79 bits per heavy atom. The van der Waals surface area contributed by atoms with Gasteiger partial charge in [0.2, 0.25) is 0 Å². The lowest BCUT2D eigenvalue weighted by Crippen LogP contribution is -2.24. The molecule has 0 unspecified atom stereocenters. The molecule has 0 bridgehead atoms. The molecule has 0 aliphatic heterocycles. The van der Waals surface area contributed by atoms with E-state index in [9.17, 15) is 13.2 Å². The Kier molecular flexibility index (Phi) is 5.98. The molecule has 1 rings (SSSR count). The van der Waals surface area contributed by atoms with Gasteiger partial charge in [0, 0.05) is 18.4 Å². The van der Waals surface area contributed by atoms with Gasteiger partial charge in [-0.2, -0.15) is 0 Å². The van der Waals surface area contributed by atoms with Gasteiger partial charge in [-0.15, -0.1) is 0 Å². The molecule has 0 aromatic heterocycles. The van der Waals surface area contributed by atoms with Gasteiger partial charge in [-0.3, -0.25) is 4.79 Å². The molecule has 3 N–H and O–H groups in total. The molecule has 19 heavy (non-hydrogen) atoms. The van der Waals surface area contributed by atoms with Crippen molar-refractivity contribution in [2.24, 2.45) is 5.73 Å². The molecule has 0 atom stereocenters. The summed E-state index contributed by atoms with van der Waals surface area (Å²) in [6.45, 7) is 1.27. The van der Waals surface area contributed by atoms with Crippen LogP contribution in [0.5, 0.6) is 0 Å². The molecule has 0 spiro atoms. The number of carbonyl (C=O) groups excluding carboxylic acids is 1. The summed E-state index contributed by atoms with van der Waals surface area (Å²) in [4.78, 5) is 12.0. The first-order valence-corrected chi connectivity index (χ1v) is 8.12. The van der Waals surface area contributed by atoms with Crippen molar-refractivity contribution < 1.29 is 13.2 Å². The molecule has 0 saturated carbocycles. The molecule has 0 radical (unpaired) electrons. The summed E-state index contributed by atoms with van der Waals surface area (Å²) in [7, 11) is -3.22. The molecule has 0 fully saturated rings. The second kappa shape index (κ2) is 7.25. The molecule has 106 valence electrons. The van der Waals surface area contributed by atoms with Crippen LogP contribution in [-0.2, 0) is 9.84 Å². The number of amides is 1. The summed E-state index contributed by atoms with van der Waals surface area (Å²) < 4.78 is 22.6. The normalized spacial score (nSPS) is 11.3. The van der Waals surface area contributed by atoms with Crippen molar-refractivity contribution in [2.75, 3.05) is 19.3 Å². The molecule has 6 heteroatoms. The highest BCUT2D eigenvalue weighted by Gasteiger charge is 2.09. The number of nitrogens with one attached hydrogen (secondary N) is 1. The molecule has 0 saturated heterocycles. The van der Waals surface area contributed by atoms with Gasteiger partial charge in [0.15, 0.2) is 9.84 Å². The third-order valence-electron chi connectivity index (χ3n) is 2.71. The smallest absolute Gasteiger partial charge is 0.251 e. The van der Waals surface area contributed by atoms with E-state index in [0.29, 0.717) is 18.7 Å². The molecular weight excluding hydrogens is 264 g/mol. The zero-order valence-corrected chi connectivity index (χ0v) is 11.9. The third-order valence-corrected chi connectivity index (χ3v) is 3.84. The van der Waals surface area contributed by atoms with E-state index in [1.165, 1.54) is 24.3 Å². The summed E-state index contributed by atoms with van der Waals surface area (Å²) >= 11 is 0. The highest BCUT2D eigenvalue weighted by molar-refractivity contribution is 7.90. The molecular formula is C13H20N2O3S. The van der Waals surface area contributed by atoms with E-state index in [1.54, 1.807) is 0 Å². The van der Waals surface area contributed by atoms with Crippen molar-refractivity contribution in [2.45, 2.75) is 24.2 Å². The van der Waals surface area contributed by atoms with Gasteiger partial charge in [0.1, 0.15) is 0 Å². The number of rotatable bonds is 7. The van der Waals surface area contributed by atoms with Gasteiger partial charge in [-0.25, -0.2) is 8.42 Å². The Hall–Kier alpha value is -1.40. The van der Waals surface area contributed by atoms with E-state index in [2.05, 4.69) is 5.32 Å². The minimum absolute atomic E-state index is 0.187. The van der Waals surface area contributed by atoms with E-state index < -0.39 is 9.84 Å². The van der Waals surface area contributed by atoms with Gasteiger partial charge < -0.3 is 11.1 Å². The van der Waals surface area contributed by atoms with Gasteiger partial charge in [0.25, 0.3) is 5.91 Å². The van der Waals surface area contributed by atoms with Crippen LogP contribution in [0.4, 0.5) is 0 Å². The molecule has 1 aromatic carbocycles. The van der Waals surface area contributed by atoms with Gasteiger partial charge >= 0.3 is 0 Å². The zero-order valence-electron chi connectivity index (χ0n) is 11.1. The standard InChI is InChI=1S/C13H20N2O3S/c1-19(17,18)12-7-5-11(6-8-12)13(16)15-10-4-2-3-9-14/h5-8H,2-4,9-10,14H2,1H3,(H,15,16). The Morgan fingerprint density at radius 3 is 2.32 bits per heavy atom. The van der Waals surface area contributed by atoms with Crippen LogP contribution >= 0.6 is 0 Å². The van der Waals surface area contributed by atoms with Crippen molar-refractivity contribution in [1.82, 2.24) is 5.32 Å². The largest absolute Gasteiger partial charge is 0.352 e. The first kappa shape index (κ1) is 15.7. The average Bonchev–Trinajstić information content (AvgIpc) is 2.37. The Labute approximate surface area is 114 Å². The fourth-order valence-corrected chi connectivity index (χ4v) is 2.23. The summed E-state index contributed by atoms with van der Waals surface area (Å²) in [6.07, 6.45) is 3.98. The van der Waals surface area contributed by atoms with E-state index in [1.807, 2.05) is 0 Å². The number of benzene rings is 1. The van der Waals surface area contributed by atoms with E-state index >= 15 is 0 Å². The zero-order chi connectivity index (χ0) is 14.3. The van der Waals surface area contributed by atoms with Crippen LogP contribution in [0.1, 0.15) is 29.6 Å².